The maximum absolute atomic E-state index is 11.9. The SMILES string of the molecule is CC(C)CNc1nc(N)c(C(=O)NCCNC(N)=O)s1. The molecule has 1 rings (SSSR count). The maximum Gasteiger partial charge on any atom is 0.312 e. The van der Waals surface area contributed by atoms with Crippen molar-refractivity contribution in [3.63, 3.8) is 0 Å². The molecule has 0 saturated heterocycles. The second-order valence-electron chi connectivity index (χ2n) is 4.56. The zero-order valence-electron chi connectivity index (χ0n) is 11.5. The number of nitrogens with two attached hydrogens (primary N) is 2. The summed E-state index contributed by atoms with van der Waals surface area (Å²) in [5, 5.41) is 8.74. The molecule has 0 spiro atoms. The number of hydrogen-bond acceptors (Lipinski definition) is 6. The molecular formula is C11H20N6O2S. The molecule has 8 nitrogen and oxygen atoms in total. The predicted octanol–water partition coefficient (Wildman–Crippen LogP) is 0.191. The molecule has 0 radical (unpaired) electrons. The molecule has 1 heterocycles. The van der Waals surface area contributed by atoms with Crippen LogP contribution in [0.4, 0.5) is 15.7 Å². The van der Waals surface area contributed by atoms with Crippen LogP contribution in [-0.2, 0) is 0 Å². The van der Waals surface area contributed by atoms with Gasteiger partial charge in [0, 0.05) is 19.6 Å². The van der Waals surface area contributed by atoms with Crippen LogP contribution in [0.15, 0.2) is 0 Å². The van der Waals surface area contributed by atoms with Gasteiger partial charge in [-0.05, 0) is 5.92 Å². The lowest BCUT2D eigenvalue weighted by atomic mass is 10.2. The molecule has 20 heavy (non-hydrogen) atoms. The zero-order chi connectivity index (χ0) is 15.1. The summed E-state index contributed by atoms with van der Waals surface area (Å²) in [5.41, 5.74) is 10.6. The largest absolute Gasteiger partial charge is 0.382 e. The van der Waals surface area contributed by atoms with Gasteiger partial charge in [-0.3, -0.25) is 4.79 Å². The Kier molecular flexibility index (Phi) is 6.04. The average molecular weight is 300 g/mol. The fourth-order valence-corrected chi connectivity index (χ4v) is 2.11. The summed E-state index contributed by atoms with van der Waals surface area (Å²) in [7, 11) is 0. The Morgan fingerprint density at radius 2 is 1.95 bits per heavy atom. The molecule has 0 aliphatic carbocycles. The first-order valence-electron chi connectivity index (χ1n) is 6.21. The number of nitrogens with one attached hydrogen (secondary N) is 3. The molecular weight excluding hydrogens is 280 g/mol. The second-order valence-corrected chi connectivity index (χ2v) is 5.55. The molecule has 3 amide bonds. The molecule has 0 atom stereocenters. The van der Waals surface area contributed by atoms with E-state index in [-0.39, 0.29) is 24.8 Å². The van der Waals surface area contributed by atoms with E-state index in [2.05, 4.69) is 34.8 Å². The molecule has 9 heteroatoms. The van der Waals surface area contributed by atoms with Crippen LogP contribution in [0.3, 0.4) is 0 Å². The summed E-state index contributed by atoms with van der Waals surface area (Å²) in [4.78, 5) is 26.8. The number of carbonyl (C=O) groups excluding carboxylic acids is 2. The molecule has 0 aromatic carbocycles. The summed E-state index contributed by atoms with van der Waals surface area (Å²) < 4.78 is 0. The maximum atomic E-state index is 11.9. The van der Waals surface area contributed by atoms with Gasteiger partial charge in [-0.2, -0.15) is 0 Å². The van der Waals surface area contributed by atoms with Crippen molar-refractivity contribution >= 4 is 34.2 Å². The number of anilines is 2. The fourth-order valence-electron chi connectivity index (χ4n) is 1.30. The summed E-state index contributed by atoms with van der Waals surface area (Å²) in [6.45, 7) is 5.44. The lowest BCUT2D eigenvalue weighted by Gasteiger charge is -2.04. The van der Waals surface area contributed by atoms with E-state index in [0.29, 0.717) is 15.9 Å². The molecule has 1 aromatic rings. The van der Waals surface area contributed by atoms with Crippen LogP contribution in [0.25, 0.3) is 0 Å². The second kappa shape index (κ2) is 7.53. The van der Waals surface area contributed by atoms with Gasteiger partial charge in [-0.25, -0.2) is 9.78 Å². The number of primary amides is 1. The van der Waals surface area contributed by atoms with Crippen molar-refractivity contribution < 1.29 is 9.59 Å². The number of rotatable bonds is 7. The van der Waals surface area contributed by atoms with Crippen LogP contribution in [0, 0.1) is 5.92 Å². The van der Waals surface area contributed by atoms with E-state index in [9.17, 15) is 9.59 Å². The monoisotopic (exact) mass is 300 g/mol. The van der Waals surface area contributed by atoms with Gasteiger partial charge in [-0.15, -0.1) is 0 Å². The highest BCUT2D eigenvalue weighted by Crippen LogP contribution is 2.24. The minimum Gasteiger partial charge on any atom is -0.382 e. The van der Waals surface area contributed by atoms with Gasteiger partial charge in [0.25, 0.3) is 5.91 Å². The van der Waals surface area contributed by atoms with Crippen molar-refractivity contribution in [1.82, 2.24) is 15.6 Å². The first kappa shape index (κ1) is 16.0. The summed E-state index contributed by atoms with van der Waals surface area (Å²) >= 11 is 1.20. The van der Waals surface area contributed by atoms with Crippen LogP contribution in [0.2, 0.25) is 0 Å². The third-order valence-electron chi connectivity index (χ3n) is 2.23. The minimum absolute atomic E-state index is 0.196. The Balaban J connectivity index is 2.49. The van der Waals surface area contributed by atoms with Crippen LogP contribution in [-0.4, -0.2) is 36.6 Å². The van der Waals surface area contributed by atoms with Crippen molar-refractivity contribution in [2.75, 3.05) is 30.7 Å². The fraction of sp³-hybridized carbons (Fsp3) is 0.545. The van der Waals surface area contributed by atoms with Gasteiger partial charge in [0.2, 0.25) is 0 Å². The van der Waals surface area contributed by atoms with Crippen molar-refractivity contribution in [1.29, 1.82) is 0 Å². The first-order valence-corrected chi connectivity index (χ1v) is 7.03. The number of thiazole rings is 1. The number of nitrogen functional groups attached to an aromatic ring is 1. The average Bonchev–Trinajstić information content (AvgIpc) is 2.73. The Hall–Kier alpha value is -2.03. The van der Waals surface area contributed by atoms with Gasteiger partial charge in [0.1, 0.15) is 10.7 Å². The van der Waals surface area contributed by atoms with Crippen LogP contribution >= 0.6 is 11.3 Å². The summed E-state index contributed by atoms with van der Waals surface area (Å²) in [6.07, 6.45) is 0. The third kappa shape index (κ3) is 5.31. The molecule has 0 bridgehead atoms. The number of nitrogens with zero attached hydrogens (tertiary/aromatic N) is 1. The van der Waals surface area contributed by atoms with Crippen LogP contribution in [0.1, 0.15) is 23.5 Å². The lowest BCUT2D eigenvalue weighted by molar-refractivity contribution is 0.0958. The molecule has 1 aromatic heterocycles. The molecule has 0 saturated carbocycles. The predicted molar refractivity (Wildman–Crippen MR) is 79.8 cm³/mol. The number of hydrogen-bond donors (Lipinski definition) is 5. The topological polar surface area (TPSA) is 135 Å². The van der Waals surface area contributed by atoms with Gasteiger partial charge in [-0.1, -0.05) is 25.2 Å². The van der Waals surface area contributed by atoms with Crippen molar-refractivity contribution in [3.8, 4) is 0 Å². The third-order valence-corrected chi connectivity index (χ3v) is 3.26. The normalized spacial score (nSPS) is 10.3. The highest BCUT2D eigenvalue weighted by molar-refractivity contribution is 7.18. The molecule has 0 fully saturated rings. The Bertz CT molecular complexity index is 473. The summed E-state index contributed by atoms with van der Waals surface area (Å²) in [6, 6.07) is -0.628. The minimum atomic E-state index is -0.628. The van der Waals surface area contributed by atoms with E-state index in [0.717, 1.165) is 6.54 Å². The van der Waals surface area contributed by atoms with Gasteiger partial charge < -0.3 is 27.4 Å². The van der Waals surface area contributed by atoms with Crippen molar-refractivity contribution in [2.24, 2.45) is 11.7 Å². The highest BCUT2D eigenvalue weighted by atomic mass is 32.1. The van der Waals surface area contributed by atoms with E-state index in [1.54, 1.807) is 0 Å². The quantitative estimate of drug-likeness (QED) is 0.458. The van der Waals surface area contributed by atoms with Gasteiger partial charge >= 0.3 is 6.03 Å². The van der Waals surface area contributed by atoms with E-state index >= 15 is 0 Å². The number of urea groups is 1. The smallest absolute Gasteiger partial charge is 0.312 e. The van der Waals surface area contributed by atoms with Crippen molar-refractivity contribution in [3.05, 3.63) is 4.88 Å². The van der Waals surface area contributed by atoms with Crippen LogP contribution in [0.5, 0.6) is 0 Å². The number of aromatic nitrogens is 1. The Morgan fingerprint density at radius 1 is 1.30 bits per heavy atom. The van der Waals surface area contributed by atoms with Gasteiger partial charge in [0.05, 0.1) is 0 Å². The van der Waals surface area contributed by atoms with E-state index in [1.165, 1.54) is 11.3 Å². The van der Waals surface area contributed by atoms with Crippen LogP contribution < -0.4 is 27.4 Å². The van der Waals surface area contributed by atoms with E-state index in [1.807, 2.05) is 0 Å². The lowest BCUT2D eigenvalue weighted by Crippen LogP contribution is -2.37. The van der Waals surface area contributed by atoms with E-state index < -0.39 is 6.03 Å². The molecule has 7 N–H and O–H groups in total. The molecule has 112 valence electrons. The standard InChI is InChI=1S/C11H20N6O2S/c1-6(2)5-16-11-17-8(12)7(20-11)9(18)14-3-4-15-10(13)19/h6H,3-5,12H2,1-2H3,(H,14,18)(H,16,17)(H3,13,15,19). The van der Waals surface area contributed by atoms with E-state index in [4.69, 9.17) is 11.5 Å². The number of carbonyl (C=O) groups is 2. The molecule has 0 aliphatic heterocycles. The highest BCUT2D eigenvalue weighted by Gasteiger charge is 2.15. The first-order chi connectivity index (χ1) is 9.40. The number of amides is 3. The summed E-state index contributed by atoms with van der Waals surface area (Å²) in [5.74, 6) is 0.350. The molecule has 0 aliphatic rings. The van der Waals surface area contributed by atoms with Gasteiger partial charge in [0.15, 0.2) is 5.13 Å². The Morgan fingerprint density at radius 3 is 2.55 bits per heavy atom. The Labute approximate surface area is 121 Å². The zero-order valence-corrected chi connectivity index (χ0v) is 12.3. The molecule has 0 unspecified atom stereocenters. The van der Waals surface area contributed by atoms with Crippen molar-refractivity contribution in [2.45, 2.75) is 13.8 Å².